The van der Waals surface area contributed by atoms with E-state index in [0.717, 1.165) is 5.56 Å². The number of anilines is 1. The maximum Gasteiger partial charge on any atom is 0.228 e. The molecule has 0 aliphatic heterocycles. The number of benzene rings is 1. The lowest BCUT2D eigenvalue weighted by Gasteiger charge is -2.06. The van der Waals surface area contributed by atoms with E-state index in [4.69, 9.17) is 16.9 Å². The van der Waals surface area contributed by atoms with Gasteiger partial charge in [0.25, 0.3) is 0 Å². The highest BCUT2D eigenvalue weighted by atomic mass is 35.5. The number of nitrogens with one attached hydrogen (secondary N) is 1. The molecule has 1 amide bonds. The van der Waals surface area contributed by atoms with Gasteiger partial charge in [0.05, 0.1) is 17.7 Å². The number of carbonyl (C=O) groups excluding carboxylic acids is 1. The normalized spacial score (nSPS) is 9.78. The summed E-state index contributed by atoms with van der Waals surface area (Å²) in [5.41, 5.74) is 1.81. The Labute approximate surface area is 114 Å². The van der Waals surface area contributed by atoms with Crippen molar-refractivity contribution in [1.29, 1.82) is 5.26 Å². The third kappa shape index (κ3) is 3.10. The van der Waals surface area contributed by atoms with E-state index in [1.807, 2.05) is 22.9 Å². The minimum Gasteiger partial charge on any atom is -0.325 e. The summed E-state index contributed by atoms with van der Waals surface area (Å²) in [5, 5.41) is 16.0. The molecule has 0 saturated heterocycles. The molecule has 2 aromatic rings. The summed E-state index contributed by atoms with van der Waals surface area (Å²) in [7, 11) is 0. The fraction of sp³-hybridized carbons (Fsp3) is 0.0769. The molecule has 3 nitrogen and oxygen atoms in total. The highest BCUT2D eigenvalue weighted by Crippen LogP contribution is 2.20. The predicted molar refractivity (Wildman–Crippen MR) is 72.8 cm³/mol. The fourth-order valence-corrected chi connectivity index (χ4v) is 2.33. The lowest BCUT2D eigenvalue weighted by atomic mass is 10.2. The maximum atomic E-state index is 11.8. The molecule has 0 bridgehead atoms. The Morgan fingerprint density at radius 1 is 1.44 bits per heavy atom. The average Bonchev–Trinajstić information content (AvgIpc) is 2.82. The van der Waals surface area contributed by atoms with Crippen LogP contribution in [-0.4, -0.2) is 5.91 Å². The number of nitrogens with zero attached hydrogens (tertiary/aromatic N) is 1. The van der Waals surface area contributed by atoms with Crippen LogP contribution in [0.2, 0.25) is 5.02 Å². The molecule has 1 N–H and O–H groups in total. The van der Waals surface area contributed by atoms with Gasteiger partial charge in [0.2, 0.25) is 5.91 Å². The number of hydrogen-bond acceptors (Lipinski definition) is 3. The van der Waals surface area contributed by atoms with Crippen molar-refractivity contribution in [2.24, 2.45) is 0 Å². The number of rotatable bonds is 3. The first-order chi connectivity index (χ1) is 8.69. The van der Waals surface area contributed by atoms with E-state index >= 15 is 0 Å². The van der Waals surface area contributed by atoms with Gasteiger partial charge in [-0.2, -0.15) is 16.6 Å². The molecule has 1 heterocycles. The first-order valence-corrected chi connectivity index (χ1v) is 6.51. The molecule has 0 aliphatic rings. The smallest absolute Gasteiger partial charge is 0.228 e. The molecule has 5 heteroatoms. The van der Waals surface area contributed by atoms with Crippen molar-refractivity contribution in [2.45, 2.75) is 6.42 Å². The summed E-state index contributed by atoms with van der Waals surface area (Å²) in [6, 6.07) is 8.69. The minimum atomic E-state index is -0.160. The summed E-state index contributed by atoms with van der Waals surface area (Å²) >= 11 is 7.39. The van der Waals surface area contributed by atoms with E-state index in [9.17, 15) is 4.79 Å². The van der Waals surface area contributed by atoms with Crippen LogP contribution in [0.5, 0.6) is 0 Å². The van der Waals surface area contributed by atoms with Gasteiger partial charge in [0.15, 0.2) is 0 Å². The fourth-order valence-electron chi connectivity index (χ4n) is 1.49. The van der Waals surface area contributed by atoms with E-state index in [0.29, 0.717) is 22.7 Å². The van der Waals surface area contributed by atoms with E-state index < -0.39 is 0 Å². The predicted octanol–water partition coefficient (Wildman–Crippen LogP) is 3.45. The zero-order chi connectivity index (χ0) is 13.0. The Balaban J connectivity index is 2.12. The molecule has 0 radical (unpaired) electrons. The number of nitriles is 1. The minimum absolute atomic E-state index is 0.160. The van der Waals surface area contributed by atoms with E-state index in [1.54, 1.807) is 29.5 Å². The summed E-state index contributed by atoms with van der Waals surface area (Å²) in [6.07, 6.45) is 0.293. The number of hydrogen-bond donors (Lipinski definition) is 1. The van der Waals surface area contributed by atoms with Gasteiger partial charge in [-0.1, -0.05) is 11.6 Å². The number of halogens is 1. The zero-order valence-electron chi connectivity index (χ0n) is 9.31. The van der Waals surface area contributed by atoms with Crippen molar-refractivity contribution < 1.29 is 4.79 Å². The summed E-state index contributed by atoms with van der Waals surface area (Å²) < 4.78 is 0. The van der Waals surface area contributed by atoms with Crippen LogP contribution in [0.15, 0.2) is 35.0 Å². The number of thiophene rings is 1. The third-order valence-electron chi connectivity index (χ3n) is 2.32. The average molecular weight is 277 g/mol. The van der Waals surface area contributed by atoms with Crippen LogP contribution < -0.4 is 5.32 Å². The van der Waals surface area contributed by atoms with Crippen LogP contribution in [0.25, 0.3) is 0 Å². The molecule has 1 aromatic heterocycles. The monoisotopic (exact) mass is 276 g/mol. The Morgan fingerprint density at radius 3 is 2.94 bits per heavy atom. The largest absolute Gasteiger partial charge is 0.325 e. The van der Waals surface area contributed by atoms with Crippen LogP contribution in [0.1, 0.15) is 11.1 Å². The second-order valence-corrected chi connectivity index (χ2v) is 4.87. The first-order valence-electron chi connectivity index (χ1n) is 5.19. The molecule has 0 aliphatic carbocycles. The zero-order valence-corrected chi connectivity index (χ0v) is 10.9. The van der Waals surface area contributed by atoms with Crippen molar-refractivity contribution in [3.63, 3.8) is 0 Å². The molecular formula is C13H9ClN2OS. The third-order valence-corrected chi connectivity index (χ3v) is 3.29. The van der Waals surface area contributed by atoms with Crippen molar-refractivity contribution in [1.82, 2.24) is 0 Å². The lowest BCUT2D eigenvalue weighted by molar-refractivity contribution is -0.115. The van der Waals surface area contributed by atoms with Gasteiger partial charge in [0.1, 0.15) is 6.07 Å². The second kappa shape index (κ2) is 5.67. The molecule has 18 heavy (non-hydrogen) atoms. The van der Waals surface area contributed by atoms with Gasteiger partial charge in [-0.15, -0.1) is 0 Å². The molecule has 0 fully saturated rings. The molecule has 2 rings (SSSR count). The quantitative estimate of drug-likeness (QED) is 0.933. The van der Waals surface area contributed by atoms with Gasteiger partial charge in [-0.25, -0.2) is 0 Å². The molecule has 0 saturated carbocycles. The summed E-state index contributed by atoms with van der Waals surface area (Å²) in [4.78, 5) is 11.8. The number of amides is 1. The Bertz CT molecular complexity index is 602. The molecule has 1 aromatic carbocycles. The SMILES string of the molecule is N#Cc1ccc(Cl)cc1NC(=O)Cc1ccsc1. The number of carbonyl (C=O) groups is 1. The first kappa shape index (κ1) is 12.6. The van der Waals surface area contributed by atoms with Gasteiger partial charge >= 0.3 is 0 Å². The lowest BCUT2D eigenvalue weighted by Crippen LogP contribution is -2.14. The maximum absolute atomic E-state index is 11.8. The van der Waals surface area contributed by atoms with E-state index in [-0.39, 0.29) is 5.91 Å². The van der Waals surface area contributed by atoms with Crippen molar-refractivity contribution in [3.05, 3.63) is 51.2 Å². The topological polar surface area (TPSA) is 52.9 Å². The van der Waals surface area contributed by atoms with Gasteiger partial charge in [0, 0.05) is 5.02 Å². The summed E-state index contributed by atoms with van der Waals surface area (Å²) in [6.45, 7) is 0. The van der Waals surface area contributed by atoms with Crippen molar-refractivity contribution in [2.75, 3.05) is 5.32 Å². The molecule has 0 spiro atoms. The van der Waals surface area contributed by atoms with Gasteiger partial charge in [-0.05, 0) is 40.6 Å². The molecule has 0 unspecified atom stereocenters. The van der Waals surface area contributed by atoms with E-state index in [1.165, 1.54) is 0 Å². The Hall–Kier alpha value is -1.83. The molecule has 0 atom stereocenters. The Morgan fingerprint density at radius 2 is 2.28 bits per heavy atom. The molecular weight excluding hydrogens is 268 g/mol. The summed E-state index contributed by atoms with van der Waals surface area (Å²) in [5.74, 6) is -0.160. The van der Waals surface area contributed by atoms with Crippen molar-refractivity contribution >= 4 is 34.5 Å². The highest BCUT2D eigenvalue weighted by Gasteiger charge is 2.08. The highest BCUT2D eigenvalue weighted by molar-refractivity contribution is 7.08. The van der Waals surface area contributed by atoms with Crippen LogP contribution in [0.4, 0.5) is 5.69 Å². The Kier molecular flexibility index (Phi) is 3.98. The van der Waals surface area contributed by atoms with E-state index in [2.05, 4.69) is 5.32 Å². The van der Waals surface area contributed by atoms with Crippen molar-refractivity contribution in [3.8, 4) is 6.07 Å². The van der Waals surface area contributed by atoms with Gasteiger partial charge in [-0.3, -0.25) is 4.79 Å². The van der Waals surface area contributed by atoms with Gasteiger partial charge < -0.3 is 5.32 Å². The van der Waals surface area contributed by atoms with Crippen LogP contribution in [-0.2, 0) is 11.2 Å². The standard InChI is InChI=1S/C13H9ClN2OS/c14-11-2-1-10(7-15)12(6-11)16-13(17)5-9-3-4-18-8-9/h1-4,6,8H,5H2,(H,16,17). The molecule has 90 valence electrons. The van der Waals surface area contributed by atoms with Crippen LogP contribution in [0.3, 0.4) is 0 Å². The van der Waals surface area contributed by atoms with Crippen LogP contribution >= 0.6 is 22.9 Å². The van der Waals surface area contributed by atoms with Crippen LogP contribution in [0, 0.1) is 11.3 Å². The second-order valence-electron chi connectivity index (χ2n) is 3.66.